The van der Waals surface area contributed by atoms with Crippen molar-refractivity contribution in [2.45, 2.75) is 13.0 Å². The predicted octanol–water partition coefficient (Wildman–Crippen LogP) is 1.11. The molecule has 1 atom stereocenters. The van der Waals surface area contributed by atoms with Gasteiger partial charge in [0, 0.05) is 6.54 Å². The second-order valence-corrected chi connectivity index (χ2v) is 5.36. The van der Waals surface area contributed by atoms with E-state index >= 15 is 0 Å². The molecular formula is C16H20N4O2. The van der Waals surface area contributed by atoms with Gasteiger partial charge in [-0.1, -0.05) is 24.3 Å². The first-order valence-corrected chi connectivity index (χ1v) is 7.03. The van der Waals surface area contributed by atoms with Crippen LogP contribution >= 0.6 is 0 Å². The number of hydrogen-bond acceptors (Lipinski definition) is 4. The van der Waals surface area contributed by atoms with Gasteiger partial charge in [-0.3, -0.25) is 14.6 Å². The van der Waals surface area contributed by atoms with Crippen LogP contribution in [-0.2, 0) is 0 Å². The van der Waals surface area contributed by atoms with Crippen LogP contribution in [0.2, 0.25) is 0 Å². The lowest BCUT2D eigenvalue weighted by molar-refractivity contribution is 0.0936. The van der Waals surface area contributed by atoms with Crippen molar-refractivity contribution in [3.63, 3.8) is 0 Å². The summed E-state index contributed by atoms with van der Waals surface area (Å²) in [5.41, 5.74) is 2.10. The Bertz CT molecular complexity index is 709. The molecule has 116 valence electrons. The number of rotatable bonds is 5. The highest BCUT2D eigenvalue weighted by atomic mass is 16.2. The average molecular weight is 300 g/mol. The number of H-pyrrole nitrogens is 1. The number of aromatic amines is 1. The Balaban J connectivity index is 2.12. The molecule has 6 nitrogen and oxygen atoms in total. The first-order chi connectivity index (χ1) is 10.5. The Morgan fingerprint density at radius 2 is 2.05 bits per heavy atom. The topological polar surface area (TPSA) is 78.1 Å². The molecule has 2 aromatic rings. The van der Waals surface area contributed by atoms with E-state index in [1.165, 1.54) is 11.8 Å². The third kappa shape index (κ3) is 3.79. The van der Waals surface area contributed by atoms with E-state index in [1.807, 2.05) is 39.2 Å². The maximum Gasteiger partial charge on any atom is 0.269 e. The summed E-state index contributed by atoms with van der Waals surface area (Å²) in [5, 5.41) is 2.84. The number of carbonyl (C=O) groups excluding carboxylic acids is 1. The lowest BCUT2D eigenvalue weighted by Crippen LogP contribution is -2.35. The molecule has 0 unspecified atom stereocenters. The molecule has 22 heavy (non-hydrogen) atoms. The van der Waals surface area contributed by atoms with Crippen LogP contribution in [-0.4, -0.2) is 41.4 Å². The summed E-state index contributed by atoms with van der Waals surface area (Å²) in [7, 11) is 3.93. The van der Waals surface area contributed by atoms with Crippen LogP contribution in [0.1, 0.15) is 27.7 Å². The van der Waals surface area contributed by atoms with Crippen LogP contribution in [0, 0.1) is 6.92 Å². The van der Waals surface area contributed by atoms with Crippen molar-refractivity contribution < 1.29 is 4.79 Å². The smallest absolute Gasteiger partial charge is 0.269 e. The van der Waals surface area contributed by atoms with Gasteiger partial charge in [0.2, 0.25) is 0 Å². The van der Waals surface area contributed by atoms with E-state index in [9.17, 15) is 9.59 Å². The minimum absolute atomic E-state index is 0.0496. The fraction of sp³-hybridized carbons (Fsp3) is 0.312. The van der Waals surface area contributed by atoms with E-state index in [0.717, 1.165) is 11.8 Å². The summed E-state index contributed by atoms with van der Waals surface area (Å²) in [6.45, 7) is 2.49. The summed E-state index contributed by atoms with van der Waals surface area (Å²) in [5.74, 6) is -0.342. The zero-order valence-electron chi connectivity index (χ0n) is 13.0. The van der Waals surface area contributed by atoms with Crippen LogP contribution in [0.4, 0.5) is 0 Å². The Kier molecular flexibility index (Phi) is 5.06. The van der Waals surface area contributed by atoms with E-state index in [2.05, 4.69) is 26.3 Å². The lowest BCUT2D eigenvalue weighted by atomic mass is 10.0. The molecule has 0 spiro atoms. The van der Waals surface area contributed by atoms with Gasteiger partial charge in [-0.15, -0.1) is 0 Å². The van der Waals surface area contributed by atoms with Gasteiger partial charge in [0.1, 0.15) is 5.69 Å². The van der Waals surface area contributed by atoms with Crippen molar-refractivity contribution in [2.75, 3.05) is 20.6 Å². The first kappa shape index (κ1) is 15.9. The molecule has 2 N–H and O–H groups in total. The van der Waals surface area contributed by atoms with Gasteiger partial charge in [-0.2, -0.15) is 0 Å². The van der Waals surface area contributed by atoms with Crippen LogP contribution in [0.3, 0.4) is 0 Å². The monoisotopic (exact) mass is 300 g/mol. The molecule has 0 aliphatic carbocycles. The van der Waals surface area contributed by atoms with Gasteiger partial charge in [-0.25, -0.2) is 0 Å². The lowest BCUT2D eigenvalue weighted by Gasteiger charge is -2.26. The molecule has 0 radical (unpaired) electrons. The molecule has 0 saturated carbocycles. The van der Waals surface area contributed by atoms with Crippen LogP contribution in [0.15, 0.2) is 41.5 Å². The maximum atomic E-state index is 12.1. The zero-order valence-corrected chi connectivity index (χ0v) is 13.0. The van der Waals surface area contributed by atoms with Crippen molar-refractivity contribution in [1.29, 1.82) is 0 Å². The SMILES string of the molecule is Cc1ccccc1[C@@H](CNC(=O)c1cncc(=O)[nH]1)N(C)C. The standard InChI is InChI=1S/C16H20N4O2/c1-11-6-4-5-7-12(11)14(20(2)3)9-18-16(22)13-8-17-10-15(21)19-13/h4-8,10,14H,9H2,1-3H3,(H,18,22)(H,19,21)/t14-/m1/s1. The summed E-state index contributed by atoms with van der Waals surface area (Å²) >= 11 is 0. The van der Waals surface area contributed by atoms with Crippen LogP contribution < -0.4 is 10.9 Å². The molecule has 0 saturated heterocycles. The maximum absolute atomic E-state index is 12.1. The number of aromatic nitrogens is 2. The summed E-state index contributed by atoms with van der Waals surface area (Å²) in [6, 6.07) is 8.13. The van der Waals surface area contributed by atoms with Crippen LogP contribution in [0.25, 0.3) is 0 Å². The molecule has 0 aliphatic heterocycles. The van der Waals surface area contributed by atoms with E-state index in [-0.39, 0.29) is 17.6 Å². The molecule has 0 fully saturated rings. The molecule has 1 aromatic carbocycles. The third-order valence-electron chi connectivity index (χ3n) is 3.52. The highest BCUT2D eigenvalue weighted by Crippen LogP contribution is 2.20. The summed E-state index contributed by atoms with van der Waals surface area (Å²) < 4.78 is 0. The third-order valence-corrected chi connectivity index (χ3v) is 3.52. The quantitative estimate of drug-likeness (QED) is 0.867. The van der Waals surface area contributed by atoms with Crippen molar-refractivity contribution in [3.05, 3.63) is 63.8 Å². The molecule has 1 amide bonds. The number of likely N-dealkylation sites (N-methyl/N-ethyl adjacent to an activating group) is 1. The summed E-state index contributed by atoms with van der Waals surface area (Å²) in [4.78, 5) is 31.5. The Labute approximate surface area is 129 Å². The van der Waals surface area contributed by atoms with Gasteiger partial charge in [0.15, 0.2) is 0 Å². The Morgan fingerprint density at radius 1 is 1.32 bits per heavy atom. The number of carbonyl (C=O) groups is 1. The summed E-state index contributed by atoms with van der Waals surface area (Å²) in [6.07, 6.45) is 2.47. The van der Waals surface area contributed by atoms with E-state index in [4.69, 9.17) is 0 Å². The zero-order chi connectivity index (χ0) is 16.1. The van der Waals surface area contributed by atoms with Crippen molar-refractivity contribution >= 4 is 5.91 Å². The number of amides is 1. The molecule has 0 aliphatic rings. The van der Waals surface area contributed by atoms with Gasteiger partial charge in [0.25, 0.3) is 11.5 Å². The molecule has 6 heteroatoms. The normalized spacial score (nSPS) is 12.2. The minimum Gasteiger partial charge on any atom is -0.349 e. The number of benzene rings is 1. The fourth-order valence-electron chi connectivity index (χ4n) is 2.31. The Morgan fingerprint density at radius 3 is 2.68 bits per heavy atom. The van der Waals surface area contributed by atoms with Crippen molar-refractivity contribution in [2.24, 2.45) is 0 Å². The van der Waals surface area contributed by atoms with Gasteiger partial charge < -0.3 is 15.2 Å². The van der Waals surface area contributed by atoms with E-state index < -0.39 is 5.56 Å². The highest BCUT2D eigenvalue weighted by molar-refractivity contribution is 5.91. The van der Waals surface area contributed by atoms with Crippen molar-refractivity contribution in [3.8, 4) is 0 Å². The highest BCUT2D eigenvalue weighted by Gasteiger charge is 2.17. The van der Waals surface area contributed by atoms with Gasteiger partial charge in [0.05, 0.1) is 18.4 Å². The number of nitrogens with one attached hydrogen (secondary N) is 2. The molecule has 0 bridgehead atoms. The largest absolute Gasteiger partial charge is 0.349 e. The van der Waals surface area contributed by atoms with Crippen molar-refractivity contribution in [1.82, 2.24) is 20.2 Å². The van der Waals surface area contributed by atoms with Gasteiger partial charge in [-0.05, 0) is 32.1 Å². The second-order valence-electron chi connectivity index (χ2n) is 5.36. The predicted molar refractivity (Wildman–Crippen MR) is 84.8 cm³/mol. The second kappa shape index (κ2) is 7.00. The molecule has 1 heterocycles. The van der Waals surface area contributed by atoms with E-state index in [1.54, 1.807) is 0 Å². The number of nitrogens with zero attached hydrogens (tertiary/aromatic N) is 2. The number of aryl methyl sites for hydroxylation is 1. The molecular weight excluding hydrogens is 280 g/mol. The average Bonchev–Trinajstić information content (AvgIpc) is 2.48. The van der Waals surface area contributed by atoms with Crippen LogP contribution in [0.5, 0.6) is 0 Å². The minimum atomic E-state index is -0.393. The first-order valence-electron chi connectivity index (χ1n) is 7.03. The fourth-order valence-corrected chi connectivity index (χ4v) is 2.31. The molecule has 2 rings (SSSR count). The van der Waals surface area contributed by atoms with E-state index in [0.29, 0.717) is 6.54 Å². The van der Waals surface area contributed by atoms with Gasteiger partial charge >= 0.3 is 0 Å². The number of hydrogen-bond donors (Lipinski definition) is 2. The molecule has 1 aromatic heterocycles. The Hall–Kier alpha value is -2.47.